The number of halogens is 1. The van der Waals surface area contributed by atoms with E-state index in [0.29, 0.717) is 22.2 Å². The highest BCUT2D eigenvalue weighted by Gasteiger charge is 2.11. The van der Waals surface area contributed by atoms with Crippen LogP contribution < -0.4 is 10.1 Å². The Bertz CT molecular complexity index is 826. The van der Waals surface area contributed by atoms with E-state index in [-0.39, 0.29) is 12.3 Å². The molecule has 1 N–H and O–H groups in total. The van der Waals surface area contributed by atoms with Gasteiger partial charge in [0.15, 0.2) is 5.76 Å². The Kier molecular flexibility index (Phi) is 4.82. The second kappa shape index (κ2) is 7.19. The zero-order chi connectivity index (χ0) is 16.9. The first-order valence-electron chi connectivity index (χ1n) is 7.29. The van der Waals surface area contributed by atoms with Crippen LogP contribution in [0.25, 0.3) is 11.3 Å². The number of rotatable bonds is 5. The lowest BCUT2D eigenvalue weighted by molar-refractivity contribution is -0.115. The molecule has 0 saturated heterocycles. The summed E-state index contributed by atoms with van der Waals surface area (Å²) in [5.74, 6) is 1.19. The number of aromatic nitrogens is 1. The van der Waals surface area contributed by atoms with Crippen LogP contribution in [-0.2, 0) is 11.2 Å². The average Bonchev–Trinajstić information content (AvgIpc) is 3.05. The first kappa shape index (κ1) is 16.1. The molecule has 0 radical (unpaired) electrons. The quantitative estimate of drug-likeness (QED) is 0.755. The largest absolute Gasteiger partial charge is 0.497 e. The van der Waals surface area contributed by atoms with Crippen LogP contribution in [0.15, 0.2) is 59.1 Å². The molecule has 1 amide bonds. The topological polar surface area (TPSA) is 64.4 Å². The highest BCUT2D eigenvalue weighted by Crippen LogP contribution is 2.23. The van der Waals surface area contributed by atoms with Gasteiger partial charge < -0.3 is 14.6 Å². The van der Waals surface area contributed by atoms with Crippen LogP contribution in [0.1, 0.15) is 5.69 Å². The van der Waals surface area contributed by atoms with Crippen molar-refractivity contribution in [2.24, 2.45) is 0 Å². The van der Waals surface area contributed by atoms with Crippen LogP contribution in [-0.4, -0.2) is 18.2 Å². The van der Waals surface area contributed by atoms with E-state index in [4.69, 9.17) is 20.9 Å². The fourth-order valence-electron chi connectivity index (χ4n) is 2.19. The van der Waals surface area contributed by atoms with Crippen molar-refractivity contribution in [3.63, 3.8) is 0 Å². The Morgan fingerprint density at radius 2 is 1.88 bits per heavy atom. The van der Waals surface area contributed by atoms with Gasteiger partial charge in [0, 0.05) is 22.3 Å². The zero-order valence-corrected chi connectivity index (χ0v) is 13.7. The van der Waals surface area contributed by atoms with E-state index in [9.17, 15) is 4.79 Å². The van der Waals surface area contributed by atoms with Crippen molar-refractivity contribution in [3.05, 3.63) is 65.3 Å². The Labute approximate surface area is 144 Å². The Hall–Kier alpha value is -2.79. The molecule has 122 valence electrons. The summed E-state index contributed by atoms with van der Waals surface area (Å²) in [6.07, 6.45) is 0.127. The molecule has 0 bridgehead atoms. The highest BCUT2D eigenvalue weighted by molar-refractivity contribution is 6.30. The van der Waals surface area contributed by atoms with Crippen LogP contribution in [0.2, 0.25) is 5.02 Å². The lowest BCUT2D eigenvalue weighted by atomic mass is 10.1. The summed E-state index contributed by atoms with van der Waals surface area (Å²) in [6.45, 7) is 0. The van der Waals surface area contributed by atoms with Gasteiger partial charge in [0.1, 0.15) is 5.75 Å². The minimum absolute atomic E-state index is 0.127. The van der Waals surface area contributed by atoms with Crippen LogP contribution in [0.3, 0.4) is 0 Å². The van der Waals surface area contributed by atoms with E-state index >= 15 is 0 Å². The van der Waals surface area contributed by atoms with Gasteiger partial charge in [0.25, 0.3) is 0 Å². The molecule has 0 aliphatic carbocycles. The van der Waals surface area contributed by atoms with Gasteiger partial charge >= 0.3 is 0 Å². The molecule has 24 heavy (non-hydrogen) atoms. The number of carbonyl (C=O) groups is 1. The minimum atomic E-state index is -0.174. The fraction of sp³-hybridized carbons (Fsp3) is 0.111. The number of methoxy groups -OCH3 is 1. The fourth-order valence-corrected chi connectivity index (χ4v) is 2.32. The molecule has 0 aliphatic heterocycles. The van der Waals surface area contributed by atoms with Gasteiger partial charge in [-0.2, -0.15) is 0 Å². The molecular weight excluding hydrogens is 328 g/mol. The SMILES string of the molecule is COc1ccc(-c2cc(CC(=O)Nc3ccc(Cl)cc3)no2)cc1. The number of hydrogen-bond donors (Lipinski definition) is 1. The molecule has 0 spiro atoms. The first-order valence-corrected chi connectivity index (χ1v) is 7.67. The predicted octanol–water partition coefficient (Wildman–Crippen LogP) is 4.18. The number of amides is 1. The molecule has 0 atom stereocenters. The van der Waals surface area contributed by atoms with Gasteiger partial charge in [-0.3, -0.25) is 4.79 Å². The van der Waals surface area contributed by atoms with E-state index in [1.54, 1.807) is 37.4 Å². The molecule has 2 aromatic carbocycles. The number of carbonyl (C=O) groups excluding carboxylic acids is 1. The third-order valence-electron chi connectivity index (χ3n) is 3.40. The second-order valence-electron chi connectivity index (χ2n) is 5.14. The summed E-state index contributed by atoms with van der Waals surface area (Å²) in [4.78, 5) is 12.1. The number of benzene rings is 2. The van der Waals surface area contributed by atoms with E-state index < -0.39 is 0 Å². The number of ether oxygens (including phenoxy) is 1. The van der Waals surface area contributed by atoms with Crippen molar-refractivity contribution in [3.8, 4) is 17.1 Å². The van der Waals surface area contributed by atoms with Gasteiger partial charge in [-0.25, -0.2) is 0 Å². The lowest BCUT2D eigenvalue weighted by Crippen LogP contribution is -2.14. The molecule has 0 fully saturated rings. The lowest BCUT2D eigenvalue weighted by Gasteiger charge is -2.03. The number of anilines is 1. The predicted molar refractivity (Wildman–Crippen MR) is 92.3 cm³/mol. The third-order valence-corrected chi connectivity index (χ3v) is 3.66. The van der Waals surface area contributed by atoms with E-state index in [1.807, 2.05) is 24.3 Å². The van der Waals surface area contributed by atoms with Crippen molar-refractivity contribution in [2.45, 2.75) is 6.42 Å². The molecule has 6 heteroatoms. The van der Waals surface area contributed by atoms with E-state index in [1.165, 1.54) is 0 Å². The molecule has 0 aliphatic rings. The number of nitrogens with one attached hydrogen (secondary N) is 1. The van der Waals surface area contributed by atoms with Crippen molar-refractivity contribution < 1.29 is 14.1 Å². The van der Waals surface area contributed by atoms with Gasteiger partial charge in [-0.05, 0) is 48.5 Å². The van der Waals surface area contributed by atoms with Gasteiger partial charge in [0.2, 0.25) is 5.91 Å². The summed E-state index contributed by atoms with van der Waals surface area (Å²) in [5, 5.41) is 7.35. The van der Waals surface area contributed by atoms with Crippen LogP contribution in [0, 0.1) is 0 Å². The Balaban J connectivity index is 1.64. The standard InChI is InChI=1S/C18H15ClN2O3/c1-23-16-8-2-12(3-9-16)17-10-15(21-24-17)11-18(22)20-14-6-4-13(19)5-7-14/h2-10H,11H2,1H3,(H,20,22). The Morgan fingerprint density at radius 1 is 1.17 bits per heavy atom. The minimum Gasteiger partial charge on any atom is -0.497 e. The first-order chi connectivity index (χ1) is 11.6. The summed E-state index contributed by atoms with van der Waals surface area (Å²) in [7, 11) is 1.61. The monoisotopic (exact) mass is 342 g/mol. The van der Waals surface area contributed by atoms with Crippen LogP contribution >= 0.6 is 11.6 Å². The third kappa shape index (κ3) is 3.94. The van der Waals surface area contributed by atoms with Crippen LogP contribution in [0.5, 0.6) is 5.75 Å². The van der Waals surface area contributed by atoms with E-state index in [2.05, 4.69) is 10.5 Å². The molecule has 1 heterocycles. The summed E-state index contributed by atoms with van der Waals surface area (Å²) in [5.41, 5.74) is 2.11. The van der Waals surface area contributed by atoms with Crippen molar-refractivity contribution in [2.75, 3.05) is 12.4 Å². The van der Waals surface area contributed by atoms with Gasteiger partial charge in [-0.1, -0.05) is 16.8 Å². The summed E-state index contributed by atoms with van der Waals surface area (Å²) >= 11 is 5.82. The molecule has 0 unspecified atom stereocenters. The molecular formula is C18H15ClN2O3. The van der Waals surface area contributed by atoms with Crippen molar-refractivity contribution >= 4 is 23.2 Å². The van der Waals surface area contributed by atoms with Crippen molar-refractivity contribution in [1.29, 1.82) is 0 Å². The highest BCUT2D eigenvalue weighted by atomic mass is 35.5. The van der Waals surface area contributed by atoms with Crippen LogP contribution in [0.4, 0.5) is 5.69 Å². The number of nitrogens with zero attached hydrogens (tertiary/aromatic N) is 1. The van der Waals surface area contributed by atoms with E-state index in [0.717, 1.165) is 11.3 Å². The normalized spacial score (nSPS) is 10.4. The van der Waals surface area contributed by atoms with Gasteiger partial charge in [0.05, 0.1) is 19.2 Å². The molecule has 5 nitrogen and oxygen atoms in total. The second-order valence-corrected chi connectivity index (χ2v) is 5.58. The summed E-state index contributed by atoms with van der Waals surface area (Å²) in [6, 6.07) is 16.1. The summed E-state index contributed by atoms with van der Waals surface area (Å²) < 4.78 is 10.4. The average molecular weight is 343 g/mol. The Morgan fingerprint density at radius 3 is 2.54 bits per heavy atom. The smallest absolute Gasteiger partial charge is 0.230 e. The zero-order valence-electron chi connectivity index (χ0n) is 13.0. The molecule has 1 aromatic heterocycles. The molecule has 3 aromatic rings. The maximum atomic E-state index is 12.1. The molecule has 0 saturated carbocycles. The van der Waals surface area contributed by atoms with Crippen molar-refractivity contribution in [1.82, 2.24) is 5.16 Å². The maximum Gasteiger partial charge on any atom is 0.230 e. The number of hydrogen-bond acceptors (Lipinski definition) is 4. The maximum absolute atomic E-state index is 12.1. The van der Waals surface area contributed by atoms with Gasteiger partial charge in [-0.15, -0.1) is 0 Å². The molecule has 3 rings (SSSR count).